The van der Waals surface area contributed by atoms with Gasteiger partial charge in [0, 0.05) is 65.9 Å². The molecule has 0 aliphatic heterocycles. The van der Waals surface area contributed by atoms with Crippen molar-refractivity contribution in [1.29, 1.82) is 0 Å². The zero-order valence-electron chi connectivity index (χ0n) is 24.7. The first kappa shape index (κ1) is 28.7. The van der Waals surface area contributed by atoms with Crippen LogP contribution in [0.25, 0.3) is 33.2 Å². The fraction of sp³-hybridized carbons (Fsp3) is 0.176. The summed E-state index contributed by atoms with van der Waals surface area (Å²) in [5.74, 6) is 1.39. The van der Waals surface area contributed by atoms with Crippen molar-refractivity contribution >= 4 is 56.6 Å². The smallest absolute Gasteiger partial charge is 0.278 e. The van der Waals surface area contributed by atoms with Crippen molar-refractivity contribution < 1.29 is 14.5 Å². The summed E-state index contributed by atoms with van der Waals surface area (Å²) in [6.45, 7) is 0. The molecule has 0 saturated heterocycles. The molecule has 2 amide bonds. The molecule has 2 aliphatic carbocycles. The number of fused-ring (bicyclic) bond motifs is 2. The largest absolute Gasteiger partial charge is 0.398 e. The number of anilines is 3. The Labute approximate surface area is 263 Å². The van der Waals surface area contributed by atoms with Gasteiger partial charge in [-0.25, -0.2) is 9.97 Å². The molecule has 46 heavy (non-hydrogen) atoms. The molecule has 4 N–H and O–H groups in total. The van der Waals surface area contributed by atoms with Gasteiger partial charge in [-0.05, 0) is 68.1 Å². The van der Waals surface area contributed by atoms with Gasteiger partial charge in [-0.1, -0.05) is 12.1 Å². The molecule has 4 aromatic heterocycles. The van der Waals surface area contributed by atoms with E-state index in [2.05, 4.69) is 20.6 Å². The van der Waals surface area contributed by atoms with Gasteiger partial charge in [-0.3, -0.25) is 19.7 Å². The van der Waals surface area contributed by atoms with Crippen molar-refractivity contribution in [3.8, 4) is 11.4 Å². The maximum absolute atomic E-state index is 11.9. The van der Waals surface area contributed by atoms with Crippen molar-refractivity contribution in [2.75, 3.05) is 16.4 Å². The van der Waals surface area contributed by atoms with E-state index in [1.165, 1.54) is 6.07 Å². The number of hydrogen-bond donors (Lipinski definition) is 3. The Hall–Kier alpha value is -6.04. The fourth-order valence-electron chi connectivity index (χ4n) is 5.38. The highest BCUT2D eigenvalue weighted by molar-refractivity contribution is 5.95. The van der Waals surface area contributed by atoms with Crippen LogP contribution in [-0.2, 0) is 9.59 Å². The number of nitrogens with one attached hydrogen (secondary N) is 2. The van der Waals surface area contributed by atoms with Crippen LogP contribution in [0.1, 0.15) is 25.7 Å². The summed E-state index contributed by atoms with van der Waals surface area (Å²) in [6.07, 6.45) is 10.9. The second-order valence-corrected chi connectivity index (χ2v) is 11.4. The van der Waals surface area contributed by atoms with E-state index in [0.717, 1.165) is 59.2 Å². The lowest BCUT2D eigenvalue weighted by Gasteiger charge is -2.09. The number of nitrogens with two attached hydrogens (primary N) is 1. The molecule has 0 unspecified atom stereocenters. The Kier molecular flexibility index (Phi) is 7.37. The molecule has 230 valence electrons. The quantitative estimate of drug-likeness (QED) is 0.109. The molecule has 0 radical (unpaired) electrons. The van der Waals surface area contributed by atoms with Crippen LogP contribution in [0.3, 0.4) is 0 Å². The second-order valence-electron chi connectivity index (χ2n) is 11.4. The van der Waals surface area contributed by atoms with Gasteiger partial charge in [0.2, 0.25) is 11.8 Å². The highest BCUT2D eigenvalue weighted by atomic mass is 16.6. The van der Waals surface area contributed by atoms with E-state index < -0.39 is 0 Å². The van der Waals surface area contributed by atoms with Gasteiger partial charge >= 0.3 is 0 Å². The highest BCUT2D eigenvalue weighted by Gasteiger charge is 2.30. The summed E-state index contributed by atoms with van der Waals surface area (Å²) in [7, 11) is 0. The molecular formula is C34H30N8O4. The van der Waals surface area contributed by atoms with Gasteiger partial charge in [0.15, 0.2) is 0 Å². The highest BCUT2D eigenvalue weighted by Crippen LogP contribution is 2.32. The lowest BCUT2D eigenvalue weighted by molar-refractivity contribution is -0.383. The zero-order chi connectivity index (χ0) is 31.8. The van der Waals surface area contributed by atoms with Gasteiger partial charge in [0.25, 0.3) is 5.69 Å². The summed E-state index contributed by atoms with van der Waals surface area (Å²) >= 11 is 0. The lowest BCUT2D eigenvalue weighted by atomic mass is 10.2. The molecule has 0 atom stereocenters. The fourth-order valence-corrected chi connectivity index (χ4v) is 5.38. The number of carbonyl (C=O) groups excluding carboxylic acids is 2. The number of nitro benzene ring substituents is 1. The molecule has 6 aromatic rings. The number of carbonyl (C=O) groups is 2. The second kappa shape index (κ2) is 11.8. The zero-order valence-corrected chi connectivity index (χ0v) is 24.7. The molecular weight excluding hydrogens is 584 g/mol. The van der Waals surface area contributed by atoms with Crippen LogP contribution >= 0.6 is 0 Å². The van der Waals surface area contributed by atoms with Crippen LogP contribution in [0, 0.1) is 22.0 Å². The molecule has 2 aliphatic rings. The van der Waals surface area contributed by atoms with Crippen LogP contribution in [0.4, 0.5) is 23.0 Å². The normalized spacial score (nSPS) is 14.0. The van der Waals surface area contributed by atoms with E-state index >= 15 is 0 Å². The van der Waals surface area contributed by atoms with E-state index in [-0.39, 0.29) is 34.3 Å². The van der Waals surface area contributed by atoms with Crippen LogP contribution < -0.4 is 16.4 Å². The summed E-state index contributed by atoms with van der Waals surface area (Å²) < 4.78 is 3.89. The van der Waals surface area contributed by atoms with Gasteiger partial charge < -0.3 is 25.5 Å². The Balaban J connectivity index is 0.000000147. The van der Waals surface area contributed by atoms with Gasteiger partial charge in [0.05, 0.1) is 32.7 Å². The predicted octanol–water partition coefficient (Wildman–Crippen LogP) is 6.24. The third kappa shape index (κ3) is 5.87. The minimum absolute atomic E-state index is 0.00680. The topological polar surface area (TPSA) is 163 Å². The Bertz CT molecular complexity index is 2130. The van der Waals surface area contributed by atoms with E-state index in [9.17, 15) is 19.7 Å². The number of benzene rings is 2. The van der Waals surface area contributed by atoms with Crippen LogP contribution in [0.15, 0.2) is 97.6 Å². The molecule has 2 aromatic carbocycles. The molecule has 8 rings (SSSR count). The van der Waals surface area contributed by atoms with E-state index in [1.807, 2.05) is 57.8 Å². The molecule has 0 bridgehead atoms. The Morgan fingerprint density at radius 3 is 1.76 bits per heavy atom. The number of pyridine rings is 2. The SMILES string of the molecule is Nc1cccc2c1ccn2-c1ccnc(NC(=O)C2CC2)c1.O=C(Nc1cc(-n2ccc3c([N+](=O)[O-])cccc32)ccn1)C1CC1. The standard InChI is InChI=1S/C17H14N4O3.C17H16N4O/c22-17(11-4-5-11)19-16-10-12(6-8-18-16)20-9-7-13-14(20)2-1-3-15(13)21(23)24;18-14-2-1-3-15-13(14)7-9-21(15)12-6-8-19-16(10-12)20-17(22)11-4-5-11/h1-3,6-11H,4-5H2,(H,18,19,22);1-3,6-11H,4-5,18H2,(H,19,20,22). The van der Waals surface area contributed by atoms with E-state index in [0.29, 0.717) is 17.0 Å². The first-order chi connectivity index (χ1) is 22.4. The van der Waals surface area contributed by atoms with Crippen LogP contribution in [0.2, 0.25) is 0 Å². The van der Waals surface area contributed by atoms with Crippen LogP contribution in [0.5, 0.6) is 0 Å². The van der Waals surface area contributed by atoms with E-state index in [4.69, 9.17) is 5.73 Å². The average Bonchev–Trinajstić information content (AvgIpc) is 3.99. The number of non-ortho nitro benzene ring substituents is 1. The number of rotatable bonds is 7. The molecule has 12 heteroatoms. The summed E-state index contributed by atoms with van der Waals surface area (Å²) in [4.78, 5) is 42.9. The van der Waals surface area contributed by atoms with Crippen molar-refractivity contribution in [1.82, 2.24) is 19.1 Å². The summed E-state index contributed by atoms with van der Waals surface area (Å²) in [5.41, 5.74) is 10.3. The molecule has 4 heterocycles. The third-order valence-electron chi connectivity index (χ3n) is 8.12. The van der Waals surface area contributed by atoms with Crippen molar-refractivity contribution in [3.63, 3.8) is 0 Å². The van der Waals surface area contributed by atoms with Crippen molar-refractivity contribution in [3.05, 3.63) is 108 Å². The average molecular weight is 615 g/mol. The van der Waals surface area contributed by atoms with Gasteiger partial charge in [-0.15, -0.1) is 0 Å². The number of nitrogens with zero attached hydrogens (tertiary/aromatic N) is 5. The number of amides is 2. The summed E-state index contributed by atoms with van der Waals surface area (Å²) in [6, 6.07) is 21.9. The Morgan fingerprint density at radius 1 is 0.739 bits per heavy atom. The molecule has 12 nitrogen and oxygen atoms in total. The minimum Gasteiger partial charge on any atom is -0.398 e. The number of hydrogen-bond acceptors (Lipinski definition) is 7. The first-order valence-electron chi connectivity index (χ1n) is 15.0. The van der Waals surface area contributed by atoms with Crippen molar-refractivity contribution in [2.24, 2.45) is 11.8 Å². The number of nitrogen functional groups attached to an aromatic ring is 1. The van der Waals surface area contributed by atoms with E-state index in [1.54, 1.807) is 42.9 Å². The van der Waals surface area contributed by atoms with Crippen LogP contribution in [-0.4, -0.2) is 35.8 Å². The molecule has 2 fully saturated rings. The van der Waals surface area contributed by atoms with Gasteiger partial charge in [0.1, 0.15) is 11.6 Å². The number of aromatic nitrogens is 4. The minimum atomic E-state index is -0.388. The first-order valence-corrected chi connectivity index (χ1v) is 15.0. The van der Waals surface area contributed by atoms with Crippen molar-refractivity contribution in [2.45, 2.75) is 25.7 Å². The third-order valence-corrected chi connectivity index (χ3v) is 8.12. The van der Waals surface area contributed by atoms with Gasteiger partial charge in [-0.2, -0.15) is 0 Å². The maximum Gasteiger partial charge on any atom is 0.278 e. The predicted molar refractivity (Wildman–Crippen MR) is 176 cm³/mol. The molecule has 0 spiro atoms. The Morgan fingerprint density at radius 2 is 1.24 bits per heavy atom. The monoisotopic (exact) mass is 614 g/mol. The summed E-state index contributed by atoms with van der Waals surface area (Å²) in [5, 5.41) is 18.4. The maximum atomic E-state index is 11.9. The molecule has 2 saturated carbocycles. The lowest BCUT2D eigenvalue weighted by Crippen LogP contribution is -2.14. The number of nitro groups is 1.